The Hall–Kier alpha value is -1.99. The minimum absolute atomic E-state index is 0.576. The average molecular weight is 453 g/mol. The fourth-order valence-electron chi connectivity index (χ4n) is 1.89. The highest BCUT2D eigenvalue weighted by Gasteiger charge is 2.14. The van der Waals surface area contributed by atoms with Crippen LogP contribution in [0, 0.1) is 6.92 Å². The van der Waals surface area contributed by atoms with E-state index in [1.54, 1.807) is 19.1 Å². The van der Waals surface area contributed by atoms with E-state index in [4.69, 9.17) is 0 Å². The summed E-state index contributed by atoms with van der Waals surface area (Å²) in [6, 6.07) is 12.8. The Bertz CT molecular complexity index is 802. The Morgan fingerprint density at radius 3 is 2.21 bits per heavy atom. The second-order valence-corrected chi connectivity index (χ2v) is 6.89. The van der Waals surface area contributed by atoms with Crippen LogP contribution in [-0.4, -0.2) is 17.5 Å². The zero-order valence-corrected chi connectivity index (χ0v) is 16.2. The maximum atomic E-state index is 11.9. The molecule has 0 radical (unpaired) electrons. The van der Waals surface area contributed by atoms with Crippen LogP contribution in [0.5, 0.6) is 0 Å². The van der Waals surface area contributed by atoms with Crippen molar-refractivity contribution >= 4 is 55.1 Å². The molecular formula is C17H15Br2N3O2. The van der Waals surface area contributed by atoms with Gasteiger partial charge in [-0.15, -0.1) is 0 Å². The molecule has 124 valence electrons. The number of anilines is 1. The zero-order chi connectivity index (χ0) is 17.7. The van der Waals surface area contributed by atoms with Crippen LogP contribution < -0.4 is 10.7 Å². The quantitative estimate of drug-likeness (QED) is 0.419. The molecule has 2 aromatic rings. The van der Waals surface area contributed by atoms with Crippen LogP contribution in [0.15, 0.2) is 56.5 Å². The molecule has 0 spiro atoms. The van der Waals surface area contributed by atoms with Crippen molar-refractivity contribution < 1.29 is 9.59 Å². The molecule has 2 rings (SSSR count). The van der Waals surface area contributed by atoms with Gasteiger partial charge in [0.25, 0.3) is 0 Å². The molecule has 7 heteroatoms. The highest BCUT2D eigenvalue weighted by atomic mass is 79.9. The molecule has 0 aliphatic carbocycles. The highest BCUT2D eigenvalue weighted by molar-refractivity contribution is 9.10. The monoisotopic (exact) mass is 451 g/mol. The summed E-state index contributed by atoms with van der Waals surface area (Å²) in [5.41, 5.74) is 5.14. The van der Waals surface area contributed by atoms with Gasteiger partial charge < -0.3 is 5.32 Å². The van der Waals surface area contributed by atoms with Gasteiger partial charge in [0.2, 0.25) is 0 Å². The molecule has 0 atom stereocenters. The van der Waals surface area contributed by atoms with Crippen LogP contribution in [0.4, 0.5) is 5.69 Å². The lowest BCUT2D eigenvalue weighted by Gasteiger charge is -2.08. The first-order valence-electron chi connectivity index (χ1n) is 7.04. The van der Waals surface area contributed by atoms with Crippen LogP contribution in [0.2, 0.25) is 0 Å². The Morgan fingerprint density at radius 1 is 0.958 bits per heavy atom. The van der Waals surface area contributed by atoms with Gasteiger partial charge in [-0.3, -0.25) is 9.59 Å². The lowest BCUT2D eigenvalue weighted by atomic mass is 10.1. The fourth-order valence-corrected chi connectivity index (χ4v) is 2.63. The Kier molecular flexibility index (Phi) is 6.28. The van der Waals surface area contributed by atoms with Crippen LogP contribution in [0.3, 0.4) is 0 Å². The SMILES string of the molecule is C/C(=N\NC(=O)C(=O)Nc1ccc(Br)cc1C)c1ccc(Br)cc1. The minimum atomic E-state index is -0.825. The number of hydrogen-bond donors (Lipinski definition) is 2. The molecule has 0 saturated carbocycles. The third-order valence-electron chi connectivity index (χ3n) is 3.23. The molecule has 2 aromatic carbocycles. The summed E-state index contributed by atoms with van der Waals surface area (Å²) in [6.07, 6.45) is 0. The second-order valence-electron chi connectivity index (χ2n) is 5.06. The van der Waals surface area contributed by atoms with E-state index in [0.29, 0.717) is 11.4 Å². The lowest BCUT2D eigenvalue weighted by Crippen LogP contribution is -2.33. The van der Waals surface area contributed by atoms with Crippen LogP contribution in [0.1, 0.15) is 18.1 Å². The molecule has 0 bridgehead atoms. The molecule has 5 nitrogen and oxygen atoms in total. The normalized spacial score (nSPS) is 11.1. The molecule has 0 aliphatic heterocycles. The Morgan fingerprint density at radius 2 is 1.58 bits per heavy atom. The van der Waals surface area contributed by atoms with E-state index in [1.807, 2.05) is 37.3 Å². The number of halogens is 2. The van der Waals surface area contributed by atoms with Gasteiger partial charge in [0.15, 0.2) is 0 Å². The Balaban J connectivity index is 1.99. The number of benzene rings is 2. The first-order chi connectivity index (χ1) is 11.4. The summed E-state index contributed by atoms with van der Waals surface area (Å²) in [7, 11) is 0. The summed E-state index contributed by atoms with van der Waals surface area (Å²) in [4.78, 5) is 23.8. The Labute approximate surface area is 156 Å². The molecule has 24 heavy (non-hydrogen) atoms. The first kappa shape index (κ1) is 18.4. The molecule has 2 amide bonds. The number of nitrogens with zero attached hydrogens (tertiary/aromatic N) is 1. The molecule has 0 saturated heterocycles. The first-order valence-corrected chi connectivity index (χ1v) is 8.63. The fraction of sp³-hybridized carbons (Fsp3) is 0.118. The van der Waals surface area contributed by atoms with Crippen molar-refractivity contribution in [1.29, 1.82) is 0 Å². The van der Waals surface area contributed by atoms with E-state index >= 15 is 0 Å². The van der Waals surface area contributed by atoms with Gasteiger partial charge in [0.1, 0.15) is 0 Å². The van der Waals surface area contributed by atoms with Crippen LogP contribution in [-0.2, 0) is 9.59 Å². The van der Waals surface area contributed by atoms with E-state index in [-0.39, 0.29) is 0 Å². The molecule has 0 heterocycles. The summed E-state index contributed by atoms with van der Waals surface area (Å²) < 4.78 is 1.85. The van der Waals surface area contributed by atoms with Gasteiger partial charge in [-0.1, -0.05) is 44.0 Å². The second kappa shape index (κ2) is 8.21. The van der Waals surface area contributed by atoms with Gasteiger partial charge in [0.05, 0.1) is 5.71 Å². The molecule has 0 unspecified atom stereocenters. The number of carbonyl (C=O) groups excluding carboxylic acids is 2. The summed E-state index contributed by atoms with van der Waals surface area (Å²) in [6.45, 7) is 3.59. The predicted octanol–water partition coefficient (Wildman–Crippen LogP) is 4.00. The van der Waals surface area contributed by atoms with Crippen molar-refractivity contribution in [2.45, 2.75) is 13.8 Å². The summed E-state index contributed by atoms with van der Waals surface area (Å²) in [5, 5.41) is 6.52. The molecular weight excluding hydrogens is 438 g/mol. The van der Waals surface area contributed by atoms with Gasteiger partial charge >= 0.3 is 11.8 Å². The standard InChI is InChI=1S/C17H15Br2N3O2/c1-10-9-14(19)7-8-15(10)20-16(23)17(24)22-21-11(2)12-3-5-13(18)6-4-12/h3-9H,1-2H3,(H,20,23)(H,22,24)/b21-11+. The van der Waals surface area contributed by atoms with E-state index in [9.17, 15) is 9.59 Å². The van der Waals surface area contributed by atoms with Crippen molar-refractivity contribution in [3.8, 4) is 0 Å². The van der Waals surface area contributed by atoms with Gasteiger partial charge in [0, 0.05) is 14.6 Å². The summed E-state index contributed by atoms with van der Waals surface area (Å²) >= 11 is 6.70. The lowest BCUT2D eigenvalue weighted by molar-refractivity contribution is -0.136. The number of rotatable bonds is 3. The van der Waals surface area contributed by atoms with E-state index in [2.05, 4.69) is 47.7 Å². The van der Waals surface area contributed by atoms with Gasteiger partial charge in [-0.05, 0) is 55.3 Å². The number of nitrogens with one attached hydrogen (secondary N) is 2. The minimum Gasteiger partial charge on any atom is -0.317 e. The average Bonchev–Trinajstić information content (AvgIpc) is 2.55. The predicted molar refractivity (Wildman–Crippen MR) is 102 cm³/mol. The highest BCUT2D eigenvalue weighted by Crippen LogP contribution is 2.19. The third-order valence-corrected chi connectivity index (χ3v) is 4.25. The van der Waals surface area contributed by atoms with E-state index in [1.165, 1.54) is 0 Å². The van der Waals surface area contributed by atoms with Crippen molar-refractivity contribution in [3.63, 3.8) is 0 Å². The summed E-state index contributed by atoms with van der Waals surface area (Å²) in [5.74, 6) is -1.60. The smallest absolute Gasteiger partial charge is 0.317 e. The number of aryl methyl sites for hydroxylation is 1. The maximum Gasteiger partial charge on any atom is 0.329 e. The largest absolute Gasteiger partial charge is 0.329 e. The molecule has 0 fully saturated rings. The number of hydrazone groups is 1. The maximum absolute atomic E-state index is 11.9. The topological polar surface area (TPSA) is 70.6 Å². The van der Waals surface area contributed by atoms with Gasteiger partial charge in [-0.2, -0.15) is 5.10 Å². The number of carbonyl (C=O) groups is 2. The van der Waals surface area contributed by atoms with Crippen molar-refractivity contribution in [1.82, 2.24) is 5.43 Å². The van der Waals surface area contributed by atoms with Crippen LogP contribution in [0.25, 0.3) is 0 Å². The molecule has 2 N–H and O–H groups in total. The number of amides is 2. The van der Waals surface area contributed by atoms with Crippen molar-refractivity contribution in [3.05, 3.63) is 62.5 Å². The third kappa shape index (κ3) is 5.01. The molecule has 0 aromatic heterocycles. The van der Waals surface area contributed by atoms with Crippen molar-refractivity contribution in [2.24, 2.45) is 5.10 Å². The van der Waals surface area contributed by atoms with Gasteiger partial charge in [-0.25, -0.2) is 5.43 Å². The van der Waals surface area contributed by atoms with E-state index < -0.39 is 11.8 Å². The zero-order valence-electron chi connectivity index (χ0n) is 13.1. The molecule has 0 aliphatic rings. The van der Waals surface area contributed by atoms with Crippen molar-refractivity contribution in [2.75, 3.05) is 5.32 Å². The van der Waals surface area contributed by atoms with E-state index in [0.717, 1.165) is 20.1 Å². The number of hydrogen-bond acceptors (Lipinski definition) is 3. The van der Waals surface area contributed by atoms with Crippen LogP contribution >= 0.6 is 31.9 Å².